The first-order valence-electron chi connectivity index (χ1n) is 9.65. The van der Waals surface area contributed by atoms with Gasteiger partial charge in [0.25, 0.3) is 0 Å². The van der Waals surface area contributed by atoms with Crippen LogP contribution in [0.1, 0.15) is 64.7 Å². The van der Waals surface area contributed by atoms with Crippen molar-refractivity contribution >= 4 is 23.6 Å². The van der Waals surface area contributed by atoms with Crippen LogP contribution in [-0.2, 0) is 4.79 Å². The Morgan fingerprint density at radius 3 is 1.69 bits per heavy atom. The zero-order valence-corrected chi connectivity index (χ0v) is 16.9. The van der Waals surface area contributed by atoms with Crippen molar-refractivity contribution in [1.82, 2.24) is 0 Å². The molecule has 1 N–H and O–H groups in total. The highest BCUT2D eigenvalue weighted by atomic mass is 32.1. The van der Waals surface area contributed by atoms with Crippen LogP contribution in [0, 0.1) is 5.92 Å². The number of hydrogen-bond acceptors (Lipinski definition) is 2. The second-order valence-electron chi connectivity index (χ2n) is 6.07. The smallest absolute Gasteiger partial charge is 0.311 e. The molecule has 0 aliphatic heterocycles. The molecular weight excluding hydrogens is 340 g/mol. The van der Waals surface area contributed by atoms with Gasteiger partial charge in [-0.25, -0.2) is 0 Å². The maximum Gasteiger partial charge on any atom is 0.311 e. The third-order valence-corrected chi connectivity index (χ3v) is 4.10. The Morgan fingerprint density at radius 1 is 0.808 bits per heavy atom. The van der Waals surface area contributed by atoms with Crippen LogP contribution in [0.3, 0.4) is 0 Å². The predicted octanol–water partition coefficient (Wildman–Crippen LogP) is 7.00. The highest BCUT2D eigenvalue weighted by Gasteiger charge is 2.12. The largest absolute Gasteiger partial charge is 0.481 e. The van der Waals surface area contributed by atoms with Gasteiger partial charge in [-0.2, -0.15) is 0 Å². The van der Waals surface area contributed by atoms with Gasteiger partial charge < -0.3 is 5.11 Å². The molecule has 0 fully saturated rings. The molecule has 0 saturated heterocycles. The van der Waals surface area contributed by atoms with Crippen LogP contribution < -0.4 is 0 Å². The summed E-state index contributed by atoms with van der Waals surface area (Å²) in [5.41, 5.74) is 0. The van der Waals surface area contributed by atoms with E-state index in [1.807, 2.05) is 0 Å². The molecule has 0 rings (SSSR count). The average Bonchev–Trinajstić information content (AvgIpc) is 2.63. The highest BCUT2D eigenvalue weighted by molar-refractivity contribution is 7.79. The van der Waals surface area contributed by atoms with E-state index in [4.69, 9.17) is 17.3 Å². The first-order chi connectivity index (χ1) is 12.7. The summed E-state index contributed by atoms with van der Waals surface area (Å²) in [6.07, 6.45) is 30.5. The quantitative estimate of drug-likeness (QED) is 0.179. The van der Waals surface area contributed by atoms with E-state index in [2.05, 4.69) is 67.7 Å². The summed E-state index contributed by atoms with van der Waals surface area (Å²) in [5.74, 6) is -1.28. The fourth-order valence-corrected chi connectivity index (χ4v) is 2.50. The topological polar surface area (TPSA) is 37.3 Å². The zero-order chi connectivity index (χ0) is 19.3. The van der Waals surface area contributed by atoms with Crippen molar-refractivity contribution in [2.24, 2.45) is 5.92 Å². The summed E-state index contributed by atoms with van der Waals surface area (Å²) in [7, 11) is 0. The van der Waals surface area contributed by atoms with Gasteiger partial charge in [0.1, 0.15) is 0 Å². The first-order valence-corrected chi connectivity index (χ1v) is 10.1. The molecule has 0 bridgehead atoms. The van der Waals surface area contributed by atoms with E-state index in [9.17, 15) is 4.79 Å². The number of aliphatic carboxylic acids is 1. The number of carbonyl (C=O) groups is 1. The SMILES string of the molecule is CCC=CCC=CCC=CCC=CCC=CCCCCC(C=S)C(=O)O. The zero-order valence-electron chi connectivity index (χ0n) is 16.1. The standard InChI is InChI=1S/C23H34O2S/c1-2-3-4-5-6-7-8-9-10-11-12-13-14-15-16-17-18-19-20-22(21-26)23(24)25/h3-4,6-7,9-10,12-13,15-16,21-22H,2,5,8,11,14,17-20H2,1H3,(H,24,25). The Balaban J connectivity index is 3.55. The monoisotopic (exact) mass is 374 g/mol. The Morgan fingerprint density at radius 2 is 1.27 bits per heavy atom. The van der Waals surface area contributed by atoms with Crippen LogP contribution >= 0.6 is 12.2 Å². The van der Waals surface area contributed by atoms with E-state index in [1.54, 1.807) is 0 Å². The molecule has 1 atom stereocenters. The van der Waals surface area contributed by atoms with Gasteiger partial charge >= 0.3 is 5.97 Å². The van der Waals surface area contributed by atoms with Crippen molar-refractivity contribution in [2.45, 2.75) is 64.7 Å². The highest BCUT2D eigenvalue weighted by Crippen LogP contribution is 2.09. The molecule has 0 aromatic rings. The minimum absolute atomic E-state index is 0.474. The number of rotatable bonds is 16. The molecule has 0 aromatic heterocycles. The van der Waals surface area contributed by atoms with Gasteiger partial charge in [0, 0.05) is 0 Å². The summed E-state index contributed by atoms with van der Waals surface area (Å²) in [6.45, 7) is 2.15. The van der Waals surface area contributed by atoms with Crippen molar-refractivity contribution in [1.29, 1.82) is 0 Å². The maximum atomic E-state index is 10.8. The number of carboxylic acids is 1. The van der Waals surface area contributed by atoms with Crippen LogP contribution in [-0.4, -0.2) is 16.4 Å². The third-order valence-electron chi connectivity index (χ3n) is 3.78. The predicted molar refractivity (Wildman–Crippen MR) is 118 cm³/mol. The second-order valence-corrected chi connectivity index (χ2v) is 6.35. The lowest BCUT2D eigenvalue weighted by molar-refractivity contribution is -0.139. The summed E-state index contributed by atoms with van der Waals surface area (Å²) in [6, 6.07) is 0. The molecule has 2 nitrogen and oxygen atoms in total. The van der Waals surface area contributed by atoms with E-state index in [-0.39, 0.29) is 0 Å². The summed E-state index contributed by atoms with van der Waals surface area (Å²) >= 11 is 4.73. The van der Waals surface area contributed by atoms with E-state index in [0.717, 1.165) is 51.4 Å². The molecule has 0 radical (unpaired) electrons. The first kappa shape index (κ1) is 24.3. The lowest BCUT2D eigenvalue weighted by Crippen LogP contribution is -2.13. The molecule has 0 saturated carbocycles. The third kappa shape index (κ3) is 17.1. The van der Waals surface area contributed by atoms with E-state index in [1.165, 1.54) is 5.37 Å². The molecule has 3 heteroatoms. The second kappa shape index (κ2) is 19.6. The number of thiocarbonyl (C=S) groups is 1. The van der Waals surface area contributed by atoms with Gasteiger partial charge in [-0.1, -0.05) is 86.3 Å². The van der Waals surface area contributed by atoms with E-state index >= 15 is 0 Å². The summed E-state index contributed by atoms with van der Waals surface area (Å²) in [4.78, 5) is 10.8. The molecule has 0 aliphatic carbocycles. The minimum atomic E-state index is -0.810. The van der Waals surface area contributed by atoms with Crippen molar-refractivity contribution in [3.63, 3.8) is 0 Å². The fraction of sp³-hybridized carbons (Fsp3) is 0.478. The molecule has 0 aromatic carbocycles. The molecule has 26 heavy (non-hydrogen) atoms. The van der Waals surface area contributed by atoms with Crippen LogP contribution in [0.5, 0.6) is 0 Å². The normalized spacial score (nSPS) is 13.7. The van der Waals surface area contributed by atoms with Crippen molar-refractivity contribution in [3.8, 4) is 0 Å². The van der Waals surface area contributed by atoms with E-state index < -0.39 is 11.9 Å². The van der Waals surface area contributed by atoms with Gasteiger partial charge in [0.2, 0.25) is 0 Å². The molecule has 0 heterocycles. The average molecular weight is 375 g/mol. The number of unbranched alkanes of at least 4 members (excludes halogenated alkanes) is 2. The van der Waals surface area contributed by atoms with Gasteiger partial charge in [-0.3, -0.25) is 4.79 Å². The van der Waals surface area contributed by atoms with Gasteiger partial charge in [0.05, 0.1) is 5.92 Å². The van der Waals surface area contributed by atoms with Gasteiger partial charge in [-0.15, -0.1) is 0 Å². The van der Waals surface area contributed by atoms with Gasteiger partial charge in [0.15, 0.2) is 0 Å². The van der Waals surface area contributed by atoms with Crippen LogP contribution in [0.15, 0.2) is 60.8 Å². The Kier molecular flexibility index (Phi) is 18.3. The molecule has 0 spiro atoms. The van der Waals surface area contributed by atoms with E-state index in [0.29, 0.717) is 6.42 Å². The van der Waals surface area contributed by atoms with Gasteiger partial charge in [-0.05, 0) is 56.7 Å². The van der Waals surface area contributed by atoms with Crippen molar-refractivity contribution in [3.05, 3.63) is 60.8 Å². The summed E-state index contributed by atoms with van der Waals surface area (Å²) < 4.78 is 0. The number of allylic oxidation sites excluding steroid dienone is 10. The molecule has 1 unspecified atom stereocenters. The molecule has 144 valence electrons. The molecule has 0 aliphatic rings. The minimum Gasteiger partial charge on any atom is -0.481 e. The Bertz CT molecular complexity index is 498. The Labute approximate surface area is 165 Å². The number of hydrogen-bond donors (Lipinski definition) is 1. The van der Waals surface area contributed by atoms with Crippen molar-refractivity contribution in [2.75, 3.05) is 0 Å². The van der Waals surface area contributed by atoms with Crippen molar-refractivity contribution < 1.29 is 9.90 Å². The fourth-order valence-electron chi connectivity index (χ4n) is 2.24. The molecular formula is C23H34O2S. The number of carboxylic acid groups (broad SMARTS) is 1. The maximum absolute atomic E-state index is 10.8. The lowest BCUT2D eigenvalue weighted by Gasteiger charge is -2.04. The lowest BCUT2D eigenvalue weighted by atomic mass is 10.0. The Hall–Kier alpha value is -1.74. The van der Waals surface area contributed by atoms with Crippen LogP contribution in [0.4, 0.5) is 0 Å². The molecule has 0 amide bonds. The van der Waals surface area contributed by atoms with Crippen LogP contribution in [0.25, 0.3) is 0 Å². The summed E-state index contributed by atoms with van der Waals surface area (Å²) in [5, 5.41) is 10.2. The van der Waals surface area contributed by atoms with Crippen LogP contribution in [0.2, 0.25) is 0 Å².